The molecule has 18 heavy (non-hydrogen) atoms. The highest BCUT2D eigenvalue weighted by Gasteiger charge is 2.20. The van der Waals surface area contributed by atoms with Crippen molar-refractivity contribution in [1.29, 1.82) is 0 Å². The molecule has 1 aromatic heterocycles. The molecule has 1 aromatic rings. The Kier molecular flexibility index (Phi) is 4.85. The molecule has 1 heterocycles. The first-order valence-electron chi connectivity index (χ1n) is 5.72. The van der Waals surface area contributed by atoms with Gasteiger partial charge in [-0.25, -0.2) is 0 Å². The summed E-state index contributed by atoms with van der Waals surface area (Å²) in [4.78, 5) is 22.0. The van der Waals surface area contributed by atoms with Gasteiger partial charge in [0.1, 0.15) is 5.69 Å². The van der Waals surface area contributed by atoms with Crippen molar-refractivity contribution in [1.82, 2.24) is 9.88 Å². The van der Waals surface area contributed by atoms with Gasteiger partial charge in [-0.15, -0.1) is 0 Å². The molecule has 7 nitrogen and oxygen atoms in total. The third kappa shape index (κ3) is 3.30. The predicted molar refractivity (Wildman–Crippen MR) is 65.5 cm³/mol. The molecular weight excluding hydrogens is 238 g/mol. The highest BCUT2D eigenvalue weighted by Crippen LogP contribution is 2.20. The number of rotatable bonds is 6. The van der Waals surface area contributed by atoms with Crippen molar-refractivity contribution in [3.05, 3.63) is 28.1 Å². The lowest BCUT2D eigenvalue weighted by Crippen LogP contribution is -2.27. The van der Waals surface area contributed by atoms with Crippen LogP contribution in [0.25, 0.3) is 0 Å². The van der Waals surface area contributed by atoms with Crippen molar-refractivity contribution in [2.24, 2.45) is 0 Å². The number of hydrogen-bond acceptors (Lipinski definition) is 4. The minimum absolute atomic E-state index is 0.00831. The summed E-state index contributed by atoms with van der Waals surface area (Å²) in [6.07, 6.45) is 1.81. The first-order chi connectivity index (χ1) is 8.47. The van der Waals surface area contributed by atoms with Gasteiger partial charge in [0.15, 0.2) is 0 Å². The first kappa shape index (κ1) is 14.2. The molecule has 100 valence electrons. The second-order valence-electron chi connectivity index (χ2n) is 4.17. The summed E-state index contributed by atoms with van der Waals surface area (Å²) in [5.41, 5.74) is 0.158. The van der Waals surface area contributed by atoms with Crippen molar-refractivity contribution in [3.8, 4) is 0 Å². The molecule has 0 saturated heterocycles. The van der Waals surface area contributed by atoms with Crippen molar-refractivity contribution in [3.63, 3.8) is 0 Å². The number of amides is 1. The Hall–Kier alpha value is -1.89. The molecule has 7 heteroatoms. The van der Waals surface area contributed by atoms with Gasteiger partial charge in [0.25, 0.3) is 11.6 Å². The summed E-state index contributed by atoms with van der Waals surface area (Å²) in [6, 6.07) is 1.21. The summed E-state index contributed by atoms with van der Waals surface area (Å²) in [7, 11) is 0. The lowest BCUT2D eigenvalue weighted by atomic mass is 10.3. The van der Waals surface area contributed by atoms with Crippen LogP contribution >= 0.6 is 0 Å². The maximum atomic E-state index is 11.8. The lowest BCUT2D eigenvalue weighted by molar-refractivity contribution is -0.384. The van der Waals surface area contributed by atoms with Gasteiger partial charge in [0, 0.05) is 25.3 Å². The van der Waals surface area contributed by atoms with Crippen LogP contribution in [0.4, 0.5) is 5.69 Å². The summed E-state index contributed by atoms with van der Waals surface area (Å²) < 4.78 is 1.56. The van der Waals surface area contributed by atoms with E-state index in [1.807, 2.05) is 13.8 Å². The molecule has 1 amide bonds. The molecule has 0 aliphatic heterocycles. The topological polar surface area (TPSA) is 97.4 Å². The predicted octanol–water partition coefficient (Wildman–Crippen LogP) is 1.09. The van der Waals surface area contributed by atoms with E-state index in [1.54, 1.807) is 4.57 Å². The van der Waals surface area contributed by atoms with Crippen LogP contribution < -0.4 is 5.32 Å². The number of nitro groups is 1. The number of hydrogen-bond donors (Lipinski definition) is 2. The number of aliphatic hydroxyl groups is 1. The van der Waals surface area contributed by atoms with E-state index in [0.29, 0.717) is 13.0 Å². The fourth-order valence-electron chi connectivity index (χ4n) is 1.55. The van der Waals surface area contributed by atoms with Crippen LogP contribution in [0.3, 0.4) is 0 Å². The van der Waals surface area contributed by atoms with E-state index < -0.39 is 4.92 Å². The van der Waals surface area contributed by atoms with Crippen LogP contribution in [0, 0.1) is 10.1 Å². The Morgan fingerprint density at radius 3 is 2.78 bits per heavy atom. The number of aromatic nitrogens is 1. The molecule has 2 N–H and O–H groups in total. The van der Waals surface area contributed by atoms with E-state index in [0.717, 1.165) is 0 Å². The second kappa shape index (κ2) is 6.15. The minimum Gasteiger partial charge on any atom is -0.396 e. The molecule has 0 aliphatic carbocycles. The zero-order valence-electron chi connectivity index (χ0n) is 10.4. The largest absolute Gasteiger partial charge is 0.396 e. The Balaban J connectivity index is 2.91. The molecule has 0 bridgehead atoms. The molecule has 0 aliphatic rings. The number of carbonyl (C=O) groups excluding carboxylic acids is 1. The van der Waals surface area contributed by atoms with Crippen LogP contribution in [-0.2, 0) is 0 Å². The SMILES string of the molecule is CC(C)n1cc([N+](=O)[O-])cc1C(=O)NCCCO. The first-order valence-corrected chi connectivity index (χ1v) is 5.72. The lowest BCUT2D eigenvalue weighted by Gasteiger charge is -2.11. The summed E-state index contributed by atoms with van der Waals surface area (Å²) in [5, 5.41) is 21.9. The van der Waals surface area contributed by atoms with Gasteiger partial charge in [-0.2, -0.15) is 0 Å². The smallest absolute Gasteiger partial charge is 0.287 e. The Bertz CT molecular complexity index is 439. The molecule has 1 rings (SSSR count). The zero-order valence-corrected chi connectivity index (χ0v) is 10.4. The quantitative estimate of drug-likeness (QED) is 0.451. The average Bonchev–Trinajstić information content (AvgIpc) is 2.74. The van der Waals surface area contributed by atoms with Gasteiger partial charge >= 0.3 is 0 Å². The van der Waals surface area contributed by atoms with Gasteiger partial charge in [0.05, 0.1) is 11.1 Å². The van der Waals surface area contributed by atoms with E-state index in [-0.39, 0.29) is 29.9 Å². The monoisotopic (exact) mass is 255 g/mol. The van der Waals surface area contributed by atoms with Crippen molar-refractivity contribution >= 4 is 11.6 Å². The van der Waals surface area contributed by atoms with Crippen LogP contribution in [0.2, 0.25) is 0 Å². The molecule has 0 spiro atoms. The maximum Gasteiger partial charge on any atom is 0.287 e. The Morgan fingerprint density at radius 2 is 2.28 bits per heavy atom. The standard InChI is InChI=1S/C11H17N3O4/c1-8(2)13-7-9(14(17)18)6-10(13)11(16)12-4-3-5-15/h6-8,15H,3-5H2,1-2H3,(H,12,16). The third-order valence-corrected chi connectivity index (χ3v) is 2.45. The highest BCUT2D eigenvalue weighted by molar-refractivity contribution is 5.93. The molecular formula is C11H17N3O4. The number of aliphatic hydroxyl groups excluding tert-OH is 1. The van der Waals surface area contributed by atoms with Gasteiger partial charge in [-0.3, -0.25) is 14.9 Å². The van der Waals surface area contributed by atoms with Gasteiger partial charge < -0.3 is 15.0 Å². The number of nitrogens with zero attached hydrogens (tertiary/aromatic N) is 2. The number of carbonyl (C=O) groups is 1. The molecule has 0 radical (unpaired) electrons. The van der Waals surface area contributed by atoms with E-state index in [9.17, 15) is 14.9 Å². The molecule has 0 unspecified atom stereocenters. The molecule has 0 saturated carbocycles. The van der Waals surface area contributed by atoms with Crippen LogP contribution in [0.15, 0.2) is 12.3 Å². The van der Waals surface area contributed by atoms with Gasteiger partial charge in [-0.1, -0.05) is 0 Å². The minimum atomic E-state index is -0.524. The van der Waals surface area contributed by atoms with Crippen molar-refractivity contribution in [2.75, 3.05) is 13.2 Å². The highest BCUT2D eigenvalue weighted by atomic mass is 16.6. The molecule has 0 fully saturated rings. The van der Waals surface area contributed by atoms with E-state index in [1.165, 1.54) is 12.3 Å². The van der Waals surface area contributed by atoms with Crippen LogP contribution in [0.5, 0.6) is 0 Å². The van der Waals surface area contributed by atoms with Gasteiger partial charge in [-0.05, 0) is 20.3 Å². The van der Waals surface area contributed by atoms with Crippen molar-refractivity contribution < 1.29 is 14.8 Å². The summed E-state index contributed by atoms with van der Waals surface area (Å²) >= 11 is 0. The van der Waals surface area contributed by atoms with E-state index >= 15 is 0 Å². The fraction of sp³-hybridized carbons (Fsp3) is 0.545. The third-order valence-electron chi connectivity index (χ3n) is 2.45. The molecule has 0 aromatic carbocycles. The Labute approximate surface area is 105 Å². The zero-order chi connectivity index (χ0) is 13.7. The second-order valence-corrected chi connectivity index (χ2v) is 4.17. The van der Waals surface area contributed by atoms with E-state index in [4.69, 9.17) is 5.11 Å². The van der Waals surface area contributed by atoms with Crippen LogP contribution in [0.1, 0.15) is 36.8 Å². The Morgan fingerprint density at radius 1 is 1.61 bits per heavy atom. The van der Waals surface area contributed by atoms with Crippen LogP contribution in [-0.4, -0.2) is 33.7 Å². The fourth-order valence-corrected chi connectivity index (χ4v) is 1.55. The number of nitrogens with one attached hydrogen (secondary N) is 1. The van der Waals surface area contributed by atoms with Gasteiger partial charge in [0.2, 0.25) is 0 Å². The average molecular weight is 255 g/mol. The van der Waals surface area contributed by atoms with E-state index in [2.05, 4.69) is 5.32 Å². The maximum absolute atomic E-state index is 11.8. The van der Waals surface area contributed by atoms with Crippen molar-refractivity contribution in [2.45, 2.75) is 26.3 Å². The normalized spacial score (nSPS) is 10.7. The molecule has 0 atom stereocenters. The summed E-state index contributed by atoms with van der Waals surface area (Å²) in [6.45, 7) is 4.01. The summed E-state index contributed by atoms with van der Waals surface area (Å²) in [5.74, 6) is -0.370.